The number of pyridine rings is 1. The minimum Gasteiger partial charge on any atom is -0.380 e. The second-order valence-electron chi connectivity index (χ2n) is 7.67. The molecule has 1 aliphatic heterocycles. The van der Waals surface area contributed by atoms with Gasteiger partial charge in [0, 0.05) is 43.3 Å². The third-order valence-corrected chi connectivity index (χ3v) is 6.36. The lowest BCUT2D eigenvalue weighted by atomic mass is 9.84. The molecule has 0 amide bonds. The van der Waals surface area contributed by atoms with Crippen molar-refractivity contribution >= 4 is 22.4 Å². The minimum atomic E-state index is 0. The van der Waals surface area contributed by atoms with Gasteiger partial charge in [0.2, 0.25) is 0 Å². The molecule has 0 bridgehead atoms. The first-order chi connectivity index (χ1) is 13.8. The molecular weight excluding hydrogens is 368 g/mol. The van der Waals surface area contributed by atoms with Crippen molar-refractivity contribution in [2.45, 2.75) is 51.4 Å². The zero-order valence-corrected chi connectivity index (χ0v) is 17.5. The van der Waals surface area contributed by atoms with Gasteiger partial charge in [-0.3, -0.25) is 0 Å². The number of thiazole rings is 1. The molecule has 3 aromatic rings. The Morgan fingerprint density at radius 2 is 2.04 bits per heavy atom. The highest BCUT2D eigenvalue weighted by Crippen LogP contribution is 2.35. The number of aromatic nitrogens is 3. The number of hydrogen-bond donors (Lipinski definition) is 2. The summed E-state index contributed by atoms with van der Waals surface area (Å²) in [5.74, 6) is 0.690. The first-order valence-corrected chi connectivity index (χ1v) is 11.4. The molecule has 1 saturated heterocycles. The summed E-state index contributed by atoms with van der Waals surface area (Å²) in [4.78, 5) is 12.5. The van der Waals surface area contributed by atoms with E-state index in [2.05, 4.69) is 44.8 Å². The van der Waals surface area contributed by atoms with E-state index in [4.69, 9.17) is 4.74 Å². The summed E-state index contributed by atoms with van der Waals surface area (Å²) < 4.78 is 5.13. The van der Waals surface area contributed by atoms with Gasteiger partial charge < -0.3 is 15.0 Å². The van der Waals surface area contributed by atoms with E-state index in [1.807, 2.05) is 6.20 Å². The Kier molecular flexibility index (Phi) is 6.73. The minimum absolute atomic E-state index is 0. The van der Waals surface area contributed by atoms with Crippen LogP contribution in [0.2, 0.25) is 0 Å². The van der Waals surface area contributed by atoms with E-state index in [-0.39, 0.29) is 1.43 Å². The predicted molar refractivity (Wildman–Crippen MR) is 118 cm³/mol. The molecule has 2 N–H and O–H groups in total. The van der Waals surface area contributed by atoms with Crippen LogP contribution in [-0.2, 0) is 4.74 Å². The van der Waals surface area contributed by atoms with Gasteiger partial charge in [-0.25, -0.2) is 9.97 Å². The lowest BCUT2D eigenvalue weighted by molar-refractivity contribution is 0.151. The van der Waals surface area contributed by atoms with Crippen molar-refractivity contribution in [1.82, 2.24) is 20.3 Å². The second kappa shape index (κ2) is 9.63. The van der Waals surface area contributed by atoms with Crippen LogP contribution in [0.1, 0.15) is 56.4 Å². The van der Waals surface area contributed by atoms with Crippen molar-refractivity contribution in [3.63, 3.8) is 0 Å². The number of fused-ring (bicyclic) bond motifs is 1. The zero-order valence-electron chi connectivity index (χ0n) is 16.7. The molecule has 5 rings (SSSR count). The van der Waals surface area contributed by atoms with E-state index in [0.29, 0.717) is 5.92 Å². The van der Waals surface area contributed by atoms with Gasteiger partial charge in [0.15, 0.2) is 0 Å². The summed E-state index contributed by atoms with van der Waals surface area (Å²) in [5, 5.41) is 7.67. The van der Waals surface area contributed by atoms with E-state index >= 15 is 0 Å². The fourth-order valence-corrected chi connectivity index (χ4v) is 4.66. The molecule has 2 fully saturated rings. The van der Waals surface area contributed by atoms with Crippen LogP contribution in [0.4, 0.5) is 0 Å². The van der Waals surface area contributed by atoms with Crippen LogP contribution in [0.3, 0.4) is 0 Å². The van der Waals surface area contributed by atoms with Gasteiger partial charge >= 0.3 is 0 Å². The molecular formula is C22H32N4OS. The summed E-state index contributed by atoms with van der Waals surface area (Å²) in [5.41, 5.74) is 4.61. The molecule has 0 atom stereocenters. The van der Waals surface area contributed by atoms with Crippen molar-refractivity contribution < 1.29 is 6.16 Å². The van der Waals surface area contributed by atoms with E-state index in [1.165, 1.54) is 55.0 Å². The highest BCUT2D eigenvalue weighted by molar-refractivity contribution is 7.09. The van der Waals surface area contributed by atoms with E-state index in [1.54, 1.807) is 11.3 Å². The molecule has 0 unspecified atom stereocenters. The molecule has 4 heterocycles. The largest absolute Gasteiger partial charge is 0.380 e. The Morgan fingerprint density at radius 1 is 1.14 bits per heavy atom. The Balaban J connectivity index is 0.000000257. The lowest BCUT2D eigenvalue weighted by Gasteiger charge is -2.21. The van der Waals surface area contributed by atoms with Crippen LogP contribution in [0, 0.1) is 6.92 Å². The molecule has 3 aromatic heterocycles. The average Bonchev–Trinajstić information content (AvgIpc) is 3.23. The van der Waals surface area contributed by atoms with Crippen LogP contribution in [0.25, 0.3) is 22.3 Å². The molecule has 6 heteroatoms. The molecule has 1 saturated carbocycles. The van der Waals surface area contributed by atoms with Gasteiger partial charge in [-0.15, -0.1) is 11.3 Å². The first kappa shape index (κ1) is 19.6. The summed E-state index contributed by atoms with van der Waals surface area (Å²) >= 11 is 1.70. The third kappa shape index (κ3) is 4.80. The monoisotopic (exact) mass is 400 g/mol. The highest BCUT2D eigenvalue weighted by Gasteiger charge is 2.18. The Morgan fingerprint density at radius 3 is 2.86 bits per heavy atom. The zero-order chi connectivity index (χ0) is 19.2. The molecule has 5 nitrogen and oxygen atoms in total. The molecule has 0 radical (unpaired) electrons. The maximum absolute atomic E-state index is 5.13. The van der Waals surface area contributed by atoms with Crippen molar-refractivity contribution in [3.05, 3.63) is 34.4 Å². The fraction of sp³-hybridized carbons (Fsp3) is 0.545. The lowest BCUT2D eigenvalue weighted by Crippen LogP contribution is -2.15. The van der Waals surface area contributed by atoms with Crippen LogP contribution in [0.5, 0.6) is 0 Å². The van der Waals surface area contributed by atoms with E-state index in [0.717, 1.165) is 42.7 Å². The van der Waals surface area contributed by atoms with Crippen LogP contribution >= 0.6 is 11.3 Å². The third-order valence-electron chi connectivity index (χ3n) is 5.59. The van der Waals surface area contributed by atoms with Crippen LogP contribution < -0.4 is 5.32 Å². The maximum Gasteiger partial charge on any atom is 0.137 e. The standard InChI is InChI=1S/C17H19N3S.C5H11NO.H2/c1-11-20-16(10-21-11)15-9-19-17-14(15)7-13(8-18-17)12-5-3-2-4-6-12;1-2-6-3-5-7-4-1;/h7-10,12H,2-6H2,1H3,(H,18,19);6H,1-5H2;1H. The molecule has 0 spiro atoms. The van der Waals surface area contributed by atoms with Crippen LogP contribution in [0.15, 0.2) is 23.8 Å². The van der Waals surface area contributed by atoms with Crippen LogP contribution in [-0.4, -0.2) is 41.3 Å². The number of rotatable bonds is 2. The Hall–Kier alpha value is -1.76. The number of aromatic amines is 1. The predicted octanol–water partition coefficient (Wildman–Crippen LogP) is 5.28. The summed E-state index contributed by atoms with van der Waals surface area (Å²) in [6.07, 6.45) is 12.0. The Labute approximate surface area is 172 Å². The fourth-order valence-electron chi connectivity index (χ4n) is 4.05. The Bertz CT molecular complexity index is 868. The van der Waals surface area contributed by atoms with Gasteiger partial charge in [0.05, 0.1) is 17.3 Å². The van der Waals surface area contributed by atoms with Gasteiger partial charge in [0.25, 0.3) is 0 Å². The summed E-state index contributed by atoms with van der Waals surface area (Å²) in [6.45, 7) is 6.03. The van der Waals surface area contributed by atoms with Crippen molar-refractivity contribution in [1.29, 1.82) is 0 Å². The molecule has 28 heavy (non-hydrogen) atoms. The summed E-state index contributed by atoms with van der Waals surface area (Å²) in [6, 6.07) is 2.33. The molecule has 0 aromatic carbocycles. The van der Waals surface area contributed by atoms with Crippen molar-refractivity contribution in [2.24, 2.45) is 0 Å². The number of H-pyrrole nitrogens is 1. The number of hydrogen-bond acceptors (Lipinski definition) is 5. The van der Waals surface area contributed by atoms with E-state index < -0.39 is 0 Å². The SMILES string of the molecule is C1CNCCOC1.Cc1nc(-c2c[nH]c3ncc(C4CCCCC4)cc23)cs1.[HH]. The highest BCUT2D eigenvalue weighted by atomic mass is 32.1. The van der Waals surface area contributed by atoms with Gasteiger partial charge in [-0.05, 0) is 50.3 Å². The van der Waals surface area contributed by atoms with Crippen molar-refractivity contribution in [2.75, 3.05) is 26.3 Å². The maximum atomic E-state index is 5.13. The smallest absolute Gasteiger partial charge is 0.137 e. The molecule has 152 valence electrons. The number of nitrogens with zero attached hydrogens (tertiary/aromatic N) is 2. The quantitative estimate of drug-likeness (QED) is 0.614. The second-order valence-corrected chi connectivity index (χ2v) is 8.73. The number of aryl methyl sites for hydroxylation is 1. The van der Waals surface area contributed by atoms with Gasteiger partial charge in [0.1, 0.15) is 5.65 Å². The number of ether oxygens (including phenoxy) is 1. The van der Waals surface area contributed by atoms with Crippen molar-refractivity contribution in [3.8, 4) is 11.3 Å². The molecule has 1 aliphatic carbocycles. The normalized spacial score (nSPS) is 18.5. The van der Waals surface area contributed by atoms with E-state index in [9.17, 15) is 0 Å². The number of nitrogens with one attached hydrogen (secondary N) is 2. The summed E-state index contributed by atoms with van der Waals surface area (Å²) in [7, 11) is 0. The average molecular weight is 401 g/mol. The topological polar surface area (TPSA) is 62.8 Å². The first-order valence-electron chi connectivity index (χ1n) is 10.5. The molecule has 2 aliphatic rings. The van der Waals surface area contributed by atoms with Gasteiger partial charge in [-0.1, -0.05) is 19.3 Å². The van der Waals surface area contributed by atoms with Gasteiger partial charge in [-0.2, -0.15) is 0 Å².